The minimum atomic E-state index is -0.454. The second kappa shape index (κ2) is 6.76. The van der Waals surface area contributed by atoms with Gasteiger partial charge in [-0.15, -0.1) is 0 Å². The molecular weight excluding hydrogens is 278 g/mol. The Balaban J connectivity index is 2.21. The zero-order valence-electron chi connectivity index (χ0n) is 12.2. The van der Waals surface area contributed by atoms with Gasteiger partial charge in [-0.1, -0.05) is 13.8 Å². The fourth-order valence-electron chi connectivity index (χ4n) is 2.38. The van der Waals surface area contributed by atoms with Crippen molar-refractivity contribution in [2.24, 2.45) is 0 Å². The van der Waals surface area contributed by atoms with E-state index in [4.69, 9.17) is 0 Å². The largest absolute Gasteiger partial charge is 0.362 e. The summed E-state index contributed by atoms with van der Waals surface area (Å²) in [4.78, 5) is 1.85. The zero-order valence-corrected chi connectivity index (χ0v) is 13.1. The maximum Gasteiger partial charge on any atom is 0.149 e. The Morgan fingerprint density at radius 3 is 2.55 bits per heavy atom. The predicted molar refractivity (Wildman–Crippen MR) is 82.5 cm³/mol. The molecule has 112 valence electrons. The molecule has 1 aliphatic heterocycles. The second-order valence-electron chi connectivity index (χ2n) is 5.56. The van der Waals surface area contributed by atoms with Crippen LogP contribution in [-0.2, 0) is 6.54 Å². The van der Waals surface area contributed by atoms with Crippen LogP contribution < -0.4 is 10.2 Å². The molecule has 1 aliphatic rings. The SMILES string of the molecule is CC(C)NCc1cc(F)c(N2CCSCC2C)c(F)c1. The molecule has 5 heteroatoms. The Bertz CT molecular complexity index is 442. The minimum Gasteiger partial charge on any atom is -0.362 e. The quantitative estimate of drug-likeness (QED) is 0.917. The highest BCUT2D eigenvalue weighted by molar-refractivity contribution is 7.99. The number of halogens is 2. The van der Waals surface area contributed by atoms with E-state index < -0.39 is 11.6 Å². The first kappa shape index (κ1) is 15.6. The van der Waals surface area contributed by atoms with Gasteiger partial charge in [0.15, 0.2) is 0 Å². The first-order valence-corrected chi connectivity index (χ1v) is 8.20. The highest BCUT2D eigenvalue weighted by atomic mass is 32.2. The van der Waals surface area contributed by atoms with Crippen LogP contribution in [0.25, 0.3) is 0 Å². The standard InChI is InChI=1S/C15H22F2N2S/c1-10(2)18-8-12-6-13(16)15(14(17)7-12)19-4-5-20-9-11(19)3/h6-7,10-11,18H,4-5,8-9H2,1-3H3. The number of rotatable bonds is 4. The number of thioether (sulfide) groups is 1. The number of anilines is 1. The molecule has 0 radical (unpaired) electrons. The lowest BCUT2D eigenvalue weighted by Gasteiger charge is -2.35. The third kappa shape index (κ3) is 3.64. The number of hydrogen-bond acceptors (Lipinski definition) is 3. The monoisotopic (exact) mass is 300 g/mol. The molecule has 0 amide bonds. The average Bonchev–Trinajstić information content (AvgIpc) is 2.38. The van der Waals surface area contributed by atoms with Crippen LogP contribution in [0.3, 0.4) is 0 Å². The molecule has 0 bridgehead atoms. The van der Waals surface area contributed by atoms with Gasteiger partial charge >= 0.3 is 0 Å². The van der Waals surface area contributed by atoms with Crippen molar-refractivity contribution in [1.29, 1.82) is 0 Å². The van der Waals surface area contributed by atoms with Crippen molar-refractivity contribution in [1.82, 2.24) is 5.32 Å². The van der Waals surface area contributed by atoms with Crippen molar-refractivity contribution >= 4 is 17.4 Å². The Kier molecular flexibility index (Phi) is 5.27. The summed E-state index contributed by atoms with van der Waals surface area (Å²) in [6, 6.07) is 3.35. The molecule has 0 spiro atoms. The fourth-order valence-corrected chi connectivity index (χ4v) is 3.39. The molecule has 1 aromatic carbocycles. The lowest BCUT2D eigenvalue weighted by Crippen LogP contribution is -2.41. The van der Waals surface area contributed by atoms with Gasteiger partial charge in [0, 0.05) is 36.7 Å². The summed E-state index contributed by atoms with van der Waals surface area (Å²) >= 11 is 1.83. The van der Waals surface area contributed by atoms with Crippen LogP contribution >= 0.6 is 11.8 Å². The van der Waals surface area contributed by atoms with Crippen molar-refractivity contribution in [3.63, 3.8) is 0 Å². The first-order chi connectivity index (χ1) is 9.49. The molecule has 0 aliphatic carbocycles. The minimum absolute atomic E-state index is 0.131. The van der Waals surface area contributed by atoms with E-state index in [1.165, 1.54) is 12.1 Å². The maximum atomic E-state index is 14.3. The maximum absolute atomic E-state index is 14.3. The van der Waals surface area contributed by atoms with Gasteiger partial charge in [0.05, 0.1) is 0 Å². The van der Waals surface area contributed by atoms with Crippen molar-refractivity contribution in [3.05, 3.63) is 29.3 Å². The van der Waals surface area contributed by atoms with Crippen LogP contribution in [0.1, 0.15) is 26.3 Å². The molecule has 2 nitrogen and oxygen atoms in total. The highest BCUT2D eigenvalue weighted by Crippen LogP contribution is 2.30. The van der Waals surface area contributed by atoms with Gasteiger partial charge in [-0.2, -0.15) is 11.8 Å². The number of nitrogens with zero attached hydrogens (tertiary/aromatic N) is 1. The average molecular weight is 300 g/mol. The van der Waals surface area contributed by atoms with Gasteiger partial charge in [-0.3, -0.25) is 0 Å². The molecule has 0 saturated carbocycles. The lowest BCUT2D eigenvalue weighted by molar-refractivity contribution is 0.546. The van der Waals surface area contributed by atoms with Crippen molar-refractivity contribution in [2.75, 3.05) is 23.0 Å². The molecule has 0 aromatic heterocycles. The van der Waals surface area contributed by atoms with E-state index in [-0.39, 0.29) is 11.7 Å². The van der Waals surface area contributed by atoms with Crippen LogP contribution in [0.5, 0.6) is 0 Å². The third-order valence-electron chi connectivity index (χ3n) is 3.45. The van der Waals surface area contributed by atoms with Gasteiger partial charge < -0.3 is 10.2 Å². The van der Waals surface area contributed by atoms with Gasteiger partial charge in [-0.25, -0.2) is 8.78 Å². The second-order valence-corrected chi connectivity index (χ2v) is 6.71. The molecule has 1 heterocycles. The van der Waals surface area contributed by atoms with Crippen LogP contribution in [0, 0.1) is 11.6 Å². The summed E-state index contributed by atoms with van der Waals surface area (Å²) in [7, 11) is 0. The number of nitrogens with one attached hydrogen (secondary N) is 1. The summed E-state index contributed by atoms with van der Waals surface area (Å²) in [5.41, 5.74) is 0.780. The summed E-state index contributed by atoms with van der Waals surface area (Å²) in [6.45, 7) is 7.21. The van der Waals surface area contributed by atoms with Crippen LogP contribution in [-0.4, -0.2) is 30.1 Å². The summed E-state index contributed by atoms with van der Waals surface area (Å²) in [6.07, 6.45) is 0. The first-order valence-electron chi connectivity index (χ1n) is 7.04. The Morgan fingerprint density at radius 1 is 1.35 bits per heavy atom. The van der Waals surface area contributed by atoms with Crippen molar-refractivity contribution < 1.29 is 8.78 Å². The van der Waals surface area contributed by atoms with E-state index in [1.807, 2.05) is 37.4 Å². The third-order valence-corrected chi connectivity index (χ3v) is 4.64. The fraction of sp³-hybridized carbons (Fsp3) is 0.600. The molecule has 1 N–H and O–H groups in total. The van der Waals surface area contributed by atoms with E-state index in [2.05, 4.69) is 5.32 Å². The van der Waals surface area contributed by atoms with Gasteiger partial charge in [-0.05, 0) is 24.6 Å². The van der Waals surface area contributed by atoms with E-state index in [9.17, 15) is 8.78 Å². The van der Waals surface area contributed by atoms with Gasteiger partial charge in [0.1, 0.15) is 17.3 Å². The number of hydrogen-bond donors (Lipinski definition) is 1. The Morgan fingerprint density at radius 2 is 2.00 bits per heavy atom. The zero-order chi connectivity index (χ0) is 14.7. The van der Waals surface area contributed by atoms with E-state index >= 15 is 0 Å². The predicted octanol–water partition coefficient (Wildman–Crippen LogP) is 3.40. The molecule has 2 rings (SSSR count). The van der Waals surface area contributed by atoms with Crippen LogP contribution in [0.2, 0.25) is 0 Å². The molecule has 20 heavy (non-hydrogen) atoms. The summed E-state index contributed by atoms with van der Waals surface area (Å²) < 4.78 is 28.6. The summed E-state index contributed by atoms with van der Waals surface area (Å²) in [5.74, 6) is 0.920. The number of benzene rings is 1. The van der Waals surface area contributed by atoms with Gasteiger partial charge in [0.25, 0.3) is 0 Å². The van der Waals surface area contributed by atoms with E-state index in [1.54, 1.807) is 0 Å². The van der Waals surface area contributed by atoms with E-state index in [0.29, 0.717) is 24.7 Å². The molecular formula is C15H22F2N2S. The smallest absolute Gasteiger partial charge is 0.149 e. The highest BCUT2D eigenvalue weighted by Gasteiger charge is 2.25. The molecule has 1 saturated heterocycles. The Hall–Kier alpha value is -0.810. The van der Waals surface area contributed by atoms with Crippen LogP contribution in [0.4, 0.5) is 14.5 Å². The van der Waals surface area contributed by atoms with Gasteiger partial charge in [0.2, 0.25) is 0 Å². The van der Waals surface area contributed by atoms with Crippen molar-refractivity contribution in [2.45, 2.75) is 39.4 Å². The summed E-state index contributed by atoms with van der Waals surface area (Å²) in [5, 5.41) is 3.17. The molecule has 1 aromatic rings. The normalized spacial score (nSPS) is 19.7. The molecule has 1 atom stereocenters. The Labute approximate surface area is 123 Å². The lowest BCUT2D eigenvalue weighted by atomic mass is 10.1. The van der Waals surface area contributed by atoms with Crippen LogP contribution in [0.15, 0.2) is 12.1 Å². The molecule has 1 fully saturated rings. The molecule has 1 unspecified atom stereocenters. The van der Waals surface area contributed by atoms with Crippen molar-refractivity contribution in [3.8, 4) is 0 Å². The van der Waals surface area contributed by atoms with E-state index in [0.717, 1.165) is 11.5 Å². The topological polar surface area (TPSA) is 15.3 Å².